The fourth-order valence-electron chi connectivity index (χ4n) is 2.90. The van der Waals surface area contributed by atoms with Gasteiger partial charge in [-0.1, -0.05) is 42.5 Å². The van der Waals surface area contributed by atoms with E-state index in [1.807, 2.05) is 54.6 Å². The van der Waals surface area contributed by atoms with Crippen molar-refractivity contribution in [3.8, 4) is 33.9 Å². The smallest absolute Gasteiger partial charge is 0.222 e. The van der Waals surface area contributed by atoms with Crippen molar-refractivity contribution in [3.05, 3.63) is 72.9 Å². The second-order valence-corrected chi connectivity index (χ2v) is 6.10. The molecule has 0 saturated heterocycles. The lowest BCUT2D eigenvalue weighted by molar-refractivity contribution is 0.482. The quantitative estimate of drug-likeness (QED) is 0.499. The first-order chi connectivity index (χ1) is 13.6. The monoisotopic (exact) mass is 370 g/mol. The zero-order valence-electron chi connectivity index (χ0n) is 14.9. The summed E-state index contributed by atoms with van der Waals surface area (Å²) >= 11 is 0. The van der Waals surface area contributed by atoms with Crippen LogP contribution in [0.5, 0.6) is 11.5 Å². The molecule has 7 heteroatoms. The second-order valence-electron chi connectivity index (χ2n) is 6.10. The van der Waals surface area contributed by atoms with Crippen molar-refractivity contribution < 1.29 is 4.74 Å². The van der Waals surface area contributed by atoms with E-state index in [0.717, 1.165) is 16.7 Å². The molecule has 0 amide bonds. The Morgan fingerprint density at radius 3 is 2.18 bits per heavy atom. The van der Waals surface area contributed by atoms with Crippen LogP contribution in [-0.2, 0) is 0 Å². The summed E-state index contributed by atoms with van der Waals surface area (Å²) in [6.07, 6.45) is 1.59. The molecule has 0 atom stereocenters. The molecule has 0 spiro atoms. The molecule has 7 nitrogen and oxygen atoms in total. The number of hydrogen-bond acceptors (Lipinski definition) is 7. The van der Waals surface area contributed by atoms with Crippen LogP contribution in [-0.4, -0.2) is 15.0 Å². The van der Waals surface area contributed by atoms with Gasteiger partial charge in [-0.2, -0.15) is 4.98 Å². The molecule has 0 radical (unpaired) electrons. The summed E-state index contributed by atoms with van der Waals surface area (Å²) in [6, 6.07) is 20.6. The van der Waals surface area contributed by atoms with Gasteiger partial charge in [-0.05, 0) is 23.8 Å². The van der Waals surface area contributed by atoms with Gasteiger partial charge >= 0.3 is 0 Å². The Bertz CT molecular complexity index is 1110. The maximum absolute atomic E-state index is 6.19. The van der Waals surface area contributed by atoms with Gasteiger partial charge < -0.3 is 21.9 Å². The van der Waals surface area contributed by atoms with Crippen molar-refractivity contribution in [3.63, 3.8) is 0 Å². The summed E-state index contributed by atoms with van der Waals surface area (Å²) in [5.74, 6) is 2.12. The van der Waals surface area contributed by atoms with E-state index in [4.69, 9.17) is 21.9 Å². The Hall–Kier alpha value is -4.13. The Morgan fingerprint density at radius 1 is 0.714 bits per heavy atom. The molecular weight excluding hydrogens is 352 g/mol. The van der Waals surface area contributed by atoms with Crippen molar-refractivity contribution in [2.75, 3.05) is 17.2 Å². The van der Waals surface area contributed by atoms with Gasteiger partial charge in [0.2, 0.25) is 5.95 Å². The van der Waals surface area contributed by atoms with Crippen LogP contribution in [0.1, 0.15) is 0 Å². The lowest BCUT2D eigenvalue weighted by atomic mass is 9.99. The van der Waals surface area contributed by atoms with Crippen LogP contribution in [0.3, 0.4) is 0 Å². The second kappa shape index (κ2) is 7.24. The van der Waals surface area contributed by atoms with Crippen molar-refractivity contribution in [1.29, 1.82) is 0 Å². The average molecular weight is 370 g/mol. The largest absolute Gasteiger partial charge is 0.457 e. The van der Waals surface area contributed by atoms with Gasteiger partial charge in [-0.15, -0.1) is 0 Å². The molecule has 0 unspecified atom stereocenters. The van der Waals surface area contributed by atoms with E-state index in [1.165, 1.54) is 0 Å². The molecule has 0 aliphatic carbocycles. The van der Waals surface area contributed by atoms with Crippen molar-refractivity contribution in [2.45, 2.75) is 0 Å². The highest BCUT2D eigenvalue weighted by Crippen LogP contribution is 2.36. The molecule has 4 aromatic rings. The first-order valence-electron chi connectivity index (χ1n) is 8.58. The van der Waals surface area contributed by atoms with Crippen LogP contribution in [0, 0.1) is 0 Å². The highest BCUT2D eigenvalue weighted by Gasteiger charge is 2.15. The molecule has 2 aromatic heterocycles. The van der Waals surface area contributed by atoms with E-state index in [9.17, 15) is 0 Å². The molecule has 0 saturated carbocycles. The van der Waals surface area contributed by atoms with E-state index in [0.29, 0.717) is 28.8 Å². The number of hydrogen-bond donors (Lipinski definition) is 3. The number of nitrogens with two attached hydrogens (primary N) is 3. The van der Waals surface area contributed by atoms with Gasteiger partial charge in [0.05, 0.1) is 11.3 Å². The maximum atomic E-state index is 6.19. The Balaban J connectivity index is 1.72. The lowest BCUT2D eigenvalue weighted by Gasteiger charge is -2.13. The summed E-state index contributed by atoms with van der Waals surface area (Å²) in [7, 11) is 0. The molecule has 0 aliphatic heterocycles. The van der Waals surface area contributed by atoms with E-state index in [1.54, 1.807) is 18.3 Å². The van der Waals surface area contributed by atoms with E-state index in [-0.39, 0.29) is 5.95 Å². The predicted octanol–water partition coefficient (Wildman–Crippen LogP) is 3.74. The fourth-order valence-corrected chi connectivity index (χ4v) is 2.90. The van der Waals surface area contributed by atoms with Gasteiger partial charge in [0, 0.05) is 17.8 Å². The van der Waals surface area contributed by atoms with Crippen LogP contribution in [0.15, 0.2) is 72.9 Å². The minimum absolute atomic E-state index is 0.135. The van der Waals surface area contributed by atoms with Gasteiger partial charge in [-0.3, -0.25) is 0 Å². The van der Waals surface area contributed by atoms with E-state index < -0.39 is 0 Å². The molecule has 28 heavy (non-hydrogen) atoms. The number of nitrogen functional groups attached to an aromatic ring is 3. The normalized spacial score (nSPS) is 10.6. The number of aromatic nitrogens is 3. The molecule has 0 aliphatic rings. The van der Waals surface area contributed by atoms with Crippen molar-refractivity contribution in [1.82, 2.24) is 15.0 Å². The summed E-state index contributed by atoms with van der Waals surface area (Å²) in [5.41, 5.74) is 20.9. The van der Waals surface area contributed by atoms with Crippen LogP contribution < -0.4 is 21.9 Å². The third-order valence-electron chi connectivity index (χ3n) is 4.13. The maximum Gasteiger partial charge on any atom is 0.222 e. The number of nitrogens with zero attached hydrogens (tertiary/aromatic N) is 3. The number of ether oxygens (including phenoxy) is 1. The molecule has 0 fully saturated rings. The van der Waals surface area contributed by atoms with Crippen molar-refractivity contribution >= 4 is 17.6 Å². The first kappa shape index (κ1) is 17.3. The number of pyridine rings is 1. The molecule has 138 valence electrons. The van der Waals surface area contributed by atoms with Gasteiger partial charge in [0.15, 0.2) is 0 Å². The third-order valence-corrected chi connectivity index (χ3v) is 4.13. The van der Waals surface area contributed by atoms with Gasteiger partial charge in [0.25, 0.3) is 0 Å². The lowest BCUT2D eigenvalue weighted by Crippen LogP contribution is -2.04. The van der Waals surface area contributed by atoms with E-state index in [2.05, 4.69) is 15.0 Å². The summed E-state index contributed by atoms with van der Waals surface area (Å²) in [5, 5.41) is 0. The summed E-state index contributed by atoms with van der Waals surface area (Å²) in [6.45, 7) is 0. The van der Waals surface area contributed by atoms with Crippen LogP contribution >= 0.6 is 0 Å². The zero-order chi connectivity index (χ0) is 19.5. The summed E-state index contributed by atoms with van der Waals surface area (Å²) in [4.78, 5) is 12.5. The number of benzene rings is 2. The molecule has 0 bridgehead atoms. The van der Waals surface area contributed by atoms with Crippen LogP contribution in [0.4, 0.5) is 17.6 Å². The predicted molar refractivity (Wildman–Crippen MR) is 110 cm³/mol. The van der Waals surface area contributed by atoms with E-state index >= 15 is 0 Å². The molecule has 4 rings (SSSR count). The topological polar surface area (TPSA) is 126 Å². The van der Waals surface area contributed by atoms with Crippen molar-refractivity contribution in [2.24, 2.45) is 0 Å². The Labute approximate surface area is 161 Å². The first-order valence-corrected chi connectivity index (χ1v) is 8.58. The zero-order valence-corrected chi connectivity index (χ0v) is 14.9. The van der Waals surface area contributed by atoms with Crippen LogP contribution in [0.2, 0.25) is 0 Å². The molecule has 2 aromatic carbocycles. The highest BCUT2D eigenvalue weighted by molar-refractivity contribution is 5.88. The number of anilines is 3. The molecule has 6 N–H and O–H groups in total. The fraction of sp³-hybridized carbons (Fsp3) is 0. The number of rotatable bonds is 4. The highest BCUT2D eigenvalue weighted by atomic mass is 16.5. The Morgan fingerprint density at radius 2 is 1.46 bits per heavy atom. The Kier molecular flexibility index (Phi) is 4.47. The molecular formula is C21H18N6O. The van der Waals surface area contributed by atoms with Gasteiger partial charge in [0.1, 0.15) is 23.1 Å². The minimum atomic E-state index is 0.135. The molecule has 2 heterocycles. The minimum Gasteiger partial charge on any atom is -0.457 e. The third kappa shape index (κ3) is 3.54. The van der Waals surface area contributed by atoms with Crippen LogP contribution in [0.25, 0.3) is 22.4 Å². The summed E-state index contributed by atoms with van der Waals surface area (Å²) < 4.78 is 5.81. The average Bonchev–Trinajstić information content (AvgIpc) is 2.69. The standard InChI is InChI=1S/C21H18N6O/c22-17-12-16(10-11-25-17)28-15-8-6-13(7-9-15)18-19(14-4-2-1-3-5-14)26-21(24)27-20(18)23/h1-12H,(H2,22,25)(H4,23,24,26,27). The van der Waals surface area contributed by atoms with Gasteiger partial charge in [-0.25, -0.2) is 9.97 Å². The SMILES string of the molecule is Nc1cc(Oc2ccc(-c3c(N)nc(N)nc3-c3ccccc3)cc2)ccn1.